The van der Waals surface area contributed by atoms with Gasteiger partial charge in [0, 0.05) is 37.5 Å². The van der Waals surface area contributed by atoms with Crippen LogP contribution in [0.4, 0.5) is 0 Å². The Bertz CT molecular complexity index is 478. The second kappa shape index (κ2) is 6.58. The molecule has 1 aromatic heterocycles. The van der Waals surface area contributed by atoms with Gasteiger partial charge in [-0.3, -0.25) is 14.8 Å². The summed E-state index contributed by atoms with van der Waals surface area (Å²) in [6.07, 6.45) is 0.422. The lowest BCUT2D eigenvalue weighted by Crippen LogP contribution is -2.44. The lowest BCUT2D eigenvalue weighted by atomic mass is 10.1. The smallest absolute Gasteiger partial charge is 0.224 e. The van der Waals surface area contributed by atoms with Gasteiger partial charge in [-0.1, -0.05) is 0 Å². The molecule has 1 amide bonds. The van der Waals surface area contributed by atoms with E-state index in [0.717, 1.165) is 30.0 Å². The van der Waals surface area contributed by atoms with E-state index in [-0.39, 0.29) is 18.1 Å². The molecule has 2 rings (SSSR count). The molecule has 1 saturated heterocycles. The number of aromatic amines is 1. The molecule has 6 nitrogen and oxygen atoms in total. The normalized spacial score (nSPS) is 23.0. The van der Waals surface area contributed by atoms with Crippen LogP contribution in [0, 0.1) is 13.8 Å². The maximum absolute atomic E-state index is 12.3. The summed E-state index contributed by atoms with van der Waals surface area (Å²) in [6.45, 7) is 9.88. The zero-order valence-electron chi connectivity index (χ0n) is 13.6. The van der Waals surface area contributed by atoms with Crippen LogP contribution in [-0.2, 0) is 16.0 Å². The van der Waals surface area contributed by atoms with Gasteiger partial charge in [0.05, 0.1) is 24.3 Å². The number of H-pyrrole nitrogens is 1. The van der Waals surface area contributed by atoms with Crippen molar-refractivity contribution in [3.8, 4) is 0 Å². The Hall–Kier alpha value is -1.40. The van der Waals surface area contributed by atoms with Gasteiger partial charge < -0.3 is 10.1 Å². The second-order valence-corrected chi connectivity index (χ2v) is 6.09. The van der Waals surface area contributed by atoms with Gasteiger partial charge in [0.1, 0.15) is 0 Å². The highest BCUT2D eigenvalue weighted by Gasteiger charge is 2.34. The molecule has 6 heteroatoms. The molecule has 0 saturated carbocycles. The van der Waals surface area contributed by atoms with Crippen LogP contribution in [0.3, 0.4) is 0 Å². The van der Waals surface area contributed by atoms with E-state index in [4.69, 9.17) is 4.74 Å². The van der Waals surface area contributed by atoms with Crippen LogP contribution in [-0.4, -0.2) is 59.4 Å². The summed E-state index contributed by atoms with van der Waals surface area (Å²) in [5, 5.41) is 10.2. The SMILES string of the molecule is CO[C@H]1CN(C(C)C)C[C@@H]1NC(=O)Cc1c(C)n[nH]c1C. The van der Waals surface area contributed by atoms with Crippen molar-refractivity contribution < 1.29 is 9.53 Å². The number of amides is 1. The van der Waals surface area contributed by atoms with E-state index in [2.05, 4.69) is 34.3 Å². The number of ether oxygens (including phenoxy) is 1. The fourth-order valence-corrected chi connectivity index (χ4v) is 2.86. The third-order valence-corrected chi connectivity index (χ3v) is 4.29. The molecule has 0 radical (unpaired) electrons. The van der Waals surface area contributed by atoms with Gasteiger partial charge in [-0.15, -0.1) is 0 Å². The minimum Gasteiger partial charge on any atom is -0.378 e. The summed E-state index contributed by atoms with van der Waals surface area (Å²) < 4.78 is 5.51. The average Bonchev–Trinajstić information content (AvgIpc) is 2.97. The Balaban J connectivity index is 1.96. The number of nitrogens with zero attached hydrogens (tertiary/aromatic N) is 2. The molecular weight excluding hydrogens is 268 g/mol. The van der Waals surface area contributed by atoms with Crippen molar-refractivity contribution in [1.29, 1.82) is 0 Å². The minimum absolute atomic E-state index is 0.0280. The summed E-state index contributed by atoms with van der Waals surface area (Å²) in [6, 6.07) is 0.514. The third kappa shape index (κ3) is 3.63. The van der Waals surface area contributed by atoms with Crippen molar-refractivity contribution in [2.75, 3.05) is 20.2 Å². The molecule has 0 unspecified atom stereocenters. The molecule has 0 aromatic carbocycles. The topological polar surface area (TPSA) is 70.2 Å². The van der Waals surface area contributed by atoms with Crippen molar-refractivity contribution in [2.24, 2.45) is 0 Å². The molecule has 1 aromatic rings. The highest BCUT2D eigenvalue weighted by Crippen LogP contribution is 2.16. The maximum atomic E-state index is 12.3. The van der Waals surface area contributed by atoms with E-state index in [0.29, 0.717) is 12.5 Å². The van der Waals surface area contributed by atoms with Crippen molar-refractivity contribution in [3.05, 3.63) is 17.0 Å². The fraction of sp³-hybridized carbons (Fsp3) is 0.733. The average molecular weight is 294 g/mol. The number of carbonyl (C=O) groups excluding carboxylic acids is 1. The number of aromatic nitrogens is 2. The zero-order chi connectivity index (χ0) is 15.6. The number of aryl methyl sites for hydroxylation is 2. The van der Waals surface area contributed by atoms with Gasteiger partial charge in [-0.2, -0.15) is 5.10 Å². The Morgan fingerprint density at radius 3 is 2.71 bits per heavy atom. The Morgan fingerprint density at radius 1 is 1.48 bits per heavy atom. The van der Waals surface area contributed by atoms with E-state index in [9.17, 15) is 4.79 Å². The summed E-state index contributed by atoms with van der Waals surface area (Å²) >= 11 is 0. The van der Waals surface area contributed by atoms with E-state index in [1.807, 2.05) is 13.8 Å². The third-order valence-electron chi connectivity index (χ3n) is 4.29. The largest absolute Gasteiger partial charge is 0.378 e. The summed E-state index contributed by atoms with van der Waals surface area (Å²) in [7, 11) is 1.71. The summed E-state index contributed by atoms with van der Waals surface area (Å²) in [4.78, 5) is 14.6. The first-order valence-electron chi connectivity index (χ1n) is 7.49. The second-order valence-electron chi connectivity index (χ2n) is 6.09. The molecule has 1 fully saturated rings. The van der Waals surface area contributed by atoms with Crippen molar-refractivity contribution in [1.82, 2.24) is 20.4 Å². The van der Waals surface area contributed by atoms with Crippen LogP contribution in [0.15, 0.2) is 0 Å². The highest BCUT2D eigenvalue weighted by atomic mass is 16.5. The molecule has 0 spiro atoms. The summed E-state index contributed by atoms with van der Waals surface area (Å²) in [5.41, 5.74) is 2.84. The van der Waals surface area contributed by atoms with Crippen molar-refractivity contribution in [3.63, 3.8) is 0 Å². The first kappa shape index (κ1) is 16.0. The van der Waals surface area contributed by atoms with Gasteiger partial charge >= 0.3 is 0 Å². The molecule has 1 aliphatic rings. The van der Waals surface area contributed by atoms with Crippen molar-refractivity contribution in [2.45, 2.75) is 52.3 Å². The molecular formula is C15H26N4O2. The van der Waals surface area contributed by atoms with E-state index in [1.165, 1.54) is 0 Å². The molecule has 0 aliphatic carbocycles. The van der Waals surface area contributed by atoms with Crippen LogP contribution in [0.2, 0.25) is 0 Å². The van der Waals surface area contributed by atoms with E-state index >= 15 is 0 Å². The number of likely N-dealkylation sites (tertiary alicyclic amines) is 1. The molecule has 2 heterocycles. The van der Waals surface area contributed by atoms with Gasteiger partial charge in [-0.25, -0.2) is 0 Å². The molecule has 2 atom stereocenters. The predicted molar refractivity (Wildman–Crippen MR) is 81.2 cm³/mol. The van der Waals surface area contributed by atoms with E-state index in [1.54, 1.807) is 7.11 Å². The van der Waals surface area contributed by atoms with Crippen LogP contribution in [0.5, 0.6) is 0 Å². The van der Waals surface area contributed by atoms with E-state index < -0.39 is 0 Å². The molecule has 2 N–H and O–H groups in total. The van der Waals surface area contributed by atoms with Crippen LogP contribution in [0.25, 0.3) is 0 Å². The molecule has 0 bridgehead atoms. The standard InChI is InChI=1S/C15H26N4O2/c1-9(2)19-7-13(14(8-19)21-5)16-15(20)6-12-10(3)17-18-11(12)4/h9,13-14H,6-8H2,1-5H3,(H,16,20)(H,17,18)/t13-,14-/m0/s1. The Labute approximate surface area is 126 Å². The van der Waals surface area contributed by atoms with Crippen LogP contribution < -0.4 is 5.32 Å². The maximum Gasteiger partial charge on any atom is 0.224 e. The lowest BCUT2D eigenvalue weighted by molar-refractivity contribution is -0.121. The number of methoxy groups -OCH3 is 1. The highest BCUT2D eigenvalue weighted by molar-refractivity contribution is 5.79. The van der Waals surface area contributed by atoms with Gasteiger partial charge in [-0.05, 0) is 27.7 Å². The monoisotopic (exact) mass is 294 g/mol. The van der Waals surface area contributed by atoms with Crippen molar-refractivity contribution >= 4 is 5.91 Å². The van der Waals surface area contributed by atoms with Gasteiger partial charge in [0.25, 0.3) is 0 Å². The molecule has 118 valence electrons. The quantitative estimate of drug-likeness (QED) is 0.842. The number of hydrogen-bond acceptors (Lipinski definition) is 4. The van der Waals surface area contributed by atoms with Crippen LogP contribution in [0.1, 0.15) is 30.8 Å². The molecule has 21 heavy (non-hydrogen) atoms. The predicted octanol–water partition coefficient (Wildman–Crippen LogP) is 0.793. The molecule has 1 aliphatic heterocycles. The number of rotatable bonds is 5. The zero-order valence-corrected chi connectivity index (χ0v) is 13.6. The Kier molecular flexibility index (Phi) is 5.00. The summed E-state index contributed by atoms with van der Waals surface area (Å²) in [5.74, 6) is 0.0280. The van der Waals surface area contributed by atoms with Gasteiger partial charge in [0.15, 0.2) is 0 Å². The number of carbonyl (C=O) groups is 1. The minimum atomic E-state index is 0.0280. The van der Waals surface area contributed by atoms with Crippen LogP contribution >= 0.6 is 0 Å². The first-order valence-corrected chi connectivity index (χ1v) is 7.49. The van der Waals surface area contributed by atoms with Gasteiger partial charge in [0.2, 0.25) is 5.91 Å². The number of nitrogens with one attached hydrogen (secondary N) is 2. The Morgan fingerprint density at radius 2 is 2.19 bits per heavy atom. The number of hydrogen-bond donors (Lipinski definition) is 2. The first-order chi connectivity index (χ1) is 9.92. The lowest BCUT2D eigenvalue weighted by Gasteiger charge is -2.20. The fourth-order valence-electron chi connectivity index (χ4n) is 2.86.